The number of para-hydroxylation sites is 1. The van der Waals surface area contributed by atoms with Crippen LogP contribution in [-0.4, -0.2) is 18.7 Å². The maximum Gasteiger partial charge on any atom is 0.264 e. The number of hydrogen-bond acceptors (Lipinski definition) is 3. The van der Waals surface area contributed by atoms with Gasteiger partial charge in [0.05, 0.1) is 11.8 Å². The molecule has 2 aliphatic rings. The van der Waals surface area contributed by atoms with Gasteiger partial charge < -0.3 is 9.64 Å². The lowest BCUT2D eigenvalue weighted by atomic mass is 9.84. The first-order valence-corrected chi connectivity index (χ1v) is 7.74. The summed E-state index contributed by atoms with van der Waals surface area (Å²) in [6, 6.07) is 17.2. The average Bonchev–Trinajstić information content (AvgIpc) is 2.78. The van der Waals surface area contributed by atoms with Gasteiger partial charge in [-0.2, -0.15) is 0 Å². The van der Waals surface area contributed by atoms with Crippen molar-refractivity contribution in [3.63, 3.8) is 0 Å². The van der Waals surface area contributed by atoms with Crippen LogP contribution in [0, 0.1) is 0 Å². The van der Waals surface area contributed by atoms with Crippen LogP contribution in [-0.2, 0) is 19.9 Å². The van der Waals surface area contributed by atoms with Crippen LogP contribution < -0.4 is 4.90 Å². The molecule has 0 saturated carbocycles. The van der Waals surface area contributed by atoms with Gasteiger partial charge in [0.1, 0.15) is 5.78 Å². The fourth-order valence-electron chi connectivity index (χ4n) is 3.62. The maximum absolute atomic E-state index is 12.9. The quantitative estimate of drug-likeness (QED) is 0.813. The van der Waals surface area contributed by atoms with Gasteiger partial charge in [-0.1, -0.05) is 48.5 Å². The number of amides is 1. The molecular formula is C19H17NO3. The smallest absolute Gasteiger partial charge is 0.264 e. The van der Waals surface area contributed by atoms with Crippen molar-refractivity contribution in [2.24, 2.45) is 0 Å². The molecule has 0 aromatic heterocycles. The van der Waals surface area contributed by atoms with E-state index in [9.17, 15) is 9.59 Å². The van der Waals surface area contributed by atoms with Crippen LogP contribution in [0.1, 0.15) is 30.1 Å². The fourth-order valence-corrected chi connectivity index (χ4v) is 3.62. The van der Waals surface area contributed by atoms with Crippen LogP contribution in [0.5, 0.6) is 0 Å². The molecule has 4 rings (SSSR count). The van der Waals surface area contributed by atoms with E-state index in [4.69, 9.17) is 4.74 Å². The van der Waals surface area contributed by atoms with Crippen LogP contribution in [0.3, 0.4) is 0 Å². The van der Waals surface area contributed by atoms with E-state index in [-0.39, 0.29) is 24.2 Å². The van der Waals surface area contributed by atoms with Crippen molar-refractivity contribution in [2.75, 3.05) is 11.9 Å². The molecule has 2 aliphatic heterocycles. The van der Waals surface area contributed by atoms with Crippen molar-refractivity contribution in [2.45, 2.75) is 24.5 Å². The van der Waals surface area contributed by atoms with Crippen molar-refractivity contribution in [1.29, 1.82) is 0 Å². The van der Waals surface area contributed by atoms with Crippen molar-refractivity contribution in [3.05, 3.63) is 65.7 Å². The van der Waals surface area contributed by atoms with Crippen LogP contribution >= 0.6 is 0 Å². The molecule has 1 saturated heterocycles. The van der Waals surface area contributed by atoms with Gasteiger partial charge >= 0.3 is 0 Å². The summed E-state index contributed by atoms with van der Waals surface area (Å²) in [6.45, 7) is 0. The molecule has 2 aromatic carbocycles. The first-order chi connectivity index (χ1) is 11.1. The van der Waals surface area contributed by atoms with Crippen LogP contribution in [0.15, 0.2) is 54.6 Å². The molecule has 2 aromatic rings. The summed E-state index contributed by atoms with van der Waals surface area (Å²) in [4.78, 5) is 26.9. The number of nitrogens with zero attached hydrogens (tertiary/aromatic N) is 1. The lowest BCUT2D eigenvalue weighted by molar-refractivity contribution is -0.171. The van der Waals surface area contributed by atoms with E-state index in [1.54, 1.807) is 11.9 Å². The summed E-state index contributed by atoms with van der Waals surface area (Å²) in [6.07, 6.45) is 0.0301. The molecule has 1 spiro atoms. The largest absolute Gasteiger partial charge is 0.351 e. The van der Waals surface area contributed by atoms with Gasteiger partial charge in [0.2, 0.25) is 0 Å². The highest BCUT2D eigenvalue weighted by Gasteiger charge is 2.55. The predicted octanol–water partition coefficient (Wildman–Crippen LogP) is 2.98. The SMILES string of the molecule is CN1C(=O)[C@]2(CC(=O)C[C@H](c3ccccc3)O2)c2ccccc21. The summed E-state index contributed by atoms with van der Waals surface area (Å²) in [5, 5.41) is 0. The zero-order valence-corrected chi connectivity index (χ0v) is 12.9. The second-order valence-electron chi connectivity index (χ2n) is 6.15. The van der Waals surface area contributed by atoms with Crippen LogP contribution in [0.2, 0.25) is 0 Å². The van der Waals surface area contributed by atoms with Crippen molar-refractivity contribution < 1.29 is 14.3 Å². The minimum Gasteiger partial charge on any atom is -0.351 e. The number of fused-ring (bicyclic) bond motifs is 2. The summed E-state index contributed by atoms with van der Waals surface area (Å²) < 4.78 is 6.29. The Hall–Kier alpha value is -2.46. The van der Waals surface area contributed by atoms with E-state index in [2.05, 4.69) is 0 Å². The number of ether oxygens (including phenoxy) is 1. The highest BCUT2D eigenvalue weighted by molar-refractivity contribution is 6.09. The van der Waals surface area contributed by atoms with Gasteiger partial charge in [-0.25, -0.2) is 0 Å². The molecule has 23 heavy (non-hydrogen) atoms. The monoisotopic (exact) mass is 307 g/mol. The van der Waals surface area contributed by atoms with Gasteiger partial charge in [-0.3, -0.25) is 9.59 Å². The number of carbonyl (C=O) groups is 2. The van der Waals surface area contributed by atoms with E-state index in [0.29, 0.717) is 6.42 Å². The van der Waals surface area contributed by atoms with Gasteiger partial charge in [-0.05, 0) is 11.6 Å². The number of anilines is 1. The molecular weight excluding hydrogens is 290 g/mol. The summed E-state index contributed by atoms with van der Waals surface area (Å²) in [5.41, 5.74) is 1.36. The number of hydrogen-bond donors (Lipinski definition) is 0. The standard InChI is InChI=1S/C19H17NO3/c1-20-16-10-6-5-9-15(16)19(18(20)22)12-14(21)11-17(23-19)13-7-3-2-4-8-13/h2-10,17H,11-12H2,1H3/t17-,19+/m1/s1. The summed E-state index contributed by atoms with van der Waals surface area (Å²) in [7, 11) is 1.73. The Morgan fingerprint density at radius 3 is 2.52 bits per heavy atom. The molecule has 0 bridgehead atoms. The Morgan fingerprint density at radius 2 is 1.74 bits per heavy atom. The van der Waals surface area contributed by atoms with Crippen molar-refractivity contribution in [1.82, 2.24) is 0 Å². The third-order valence-electron chi connectivity index (χ3n) is 4.72. The topological polar surface area (TPSA) is 46.6 Å². The zero-order valence-electron chi connectivity index (χ0n) is 12.9. The normalized spacial score (nSPS) is 26.7. The number of likely N-dealkylation sites (N-methyl/N-ethyl adjacent to an activating group) is 1. The minimum atomic E-state index is -1.18. The fraction of sp³-hybridized carbons (Fsp3) is 0.263. The van der Waals surface area contributed by atoms with E-state index in [0.717, 1.165) is 16.8 Å². The van der Waals surface area contributed by atoms with E-state index < -0.39 is 5.60 Å². The van der Waals surface area contributed by atoms with Gasteiger partial charge in [0, 0.05) is 25.5 Å². The highest BCUT2D eigenvalue weighted by Crippen LogP contribution is 2.50. The van der Waals surface area contributed by atoms with Gasteiger partial charge in [0.25, 0.3) is 5.91 Å². The molecule has 4 heteroatoms. The number of ketones is 1. The number of Topliss-reactive ketones (excluding diaryl/α,β-unsaturated/α-hetero) is 1. The first kappa shape index (κ1) is 14.2. The Bertz CT molecular complexity index is 786. The van der Waals surface area contributed by atoms with Crippen LogP contribution in [0.25, 0.3) is 0 Å². The second kappa shape index (κ2) is 5.03. The molecule has 0 radical (unpaired) electrons. The Balaban J connectivity index is 1.82. The second-order valence-corrected chi connectivity index (χ2v) is 6.15. The molecule has 0 aliphatic carbocycles. The summed E-state index contributed by atoms with van der Waals surface area (Å²) in [5.74, 6) is -0.101. The lowest BCUT2D eigenvalue weighted by Crippen LogP contribution is -2.46. The van der Waals surface area contributed by atoms with Crippen LogP contribution in [0.4, 0.5) is 5.69 Å². The molecule has 0 unspecified atom stereocenters. The minimum absolute atomic E-state index is 0.0588. The third kappa shape index (κ3) is 2.02. The van der Waals surface area contributed by atoms with Gasteiger partial charge in [-0.15, -0.1) is 0 Å². The average molecular weight is 307 g/mol. The van der Waals surface area contributed by atoms with Crippen molar-refractivity contribution >= 4 is 17.4 Å². The number of rotatable bonds is 1. The molecule has 1 amide bonds. The Morgan fingerprint density at radius 1 is 1.04 bits per heavy atom. The zero-order chi connectivity index (χ0) is 16.0. The first-order valence-electron chi connectivity index (χ1n) is 7.74. The Kier molecular flexibility index (Phi) is 3.10. The van der Waals surface area contributed by atoms with E-state index >= 15 is 0 Å². The molecule has 1 fully saturated rings. The van der Waals surface area contributed by atoms with Gasteiger partial charge in [0.15, 0.2) is 5.60 Å². The number of benzene rings is 2. The summed E-state index contributed by atoms with van der Waals surface area (Å²) >= 11 is 0. The van der Waals surface area contributed by atoms with E-state index in [1.165, 1.54) is 0 Å². The Labute approximate surface area is 134 Å². The highest BCUT2D eigenvalue weighted by atomic mass is 16.5. The number of carbonyl (C=O) groups excluding carboxylic acids is 2. The molecule has 2 atom stereocenters. The third-order valence-corrected chi connectivity index (χ3v) is 4.72. The van der Waals surface area contributed by atoms with E-state index in [1.807, 2.05) is 54.6 Å². The maximum atomic E-state index is 12.9. The molecule has 0 N–H and O–H groups in total. The predicted molar refractivity (Wildman–Crippen MR) is 86.0 cm³/mol. The molecule has 2 heterocycles. The molecule has 116 valence electrons. The molecule has 4 nitrogen and oxygen atoms in total. The van der Waals surface area contributed by atoms with Crippen molar-refractivity contribution in [3.8, 4) is 0 Å². The lowest BCUT2D eigenvalue weighted by Gasteiger charge is -2.37.